The predicted octanol–water partition coefficient (Wildman–Crippen LogP) is 0.958. The van der Waals surface area contributed by atoms with Crippen molar-refractivity contribution < 1.29 is 9.59 Å². The summed E-state index contributed by atoms with van der Waals surface area (Å²) < 4.78 is 0. The number of carbonyl (C=O) groups is 2. The lowest BCUT2D eigenvalue weighted by Gasteiger charge is -2.09. The van der Waals surface area contributed by atoms with E-state index in [9.17, 15) is 9.59 Å². The summed E-state index contributed by atoms with van der Waals surface area (Å²) in [6.45, 7) is 4.20. The maximum atomic E-state index is 11.6. The molecule has 1 heterocycles. The van der Waals surface area contributed by atoms with E-state index in [-0.39, 0.29) is 23.5 Å². The van der Waals surface area contributed by atoms with Gasteiger partial charge in [0.2, 0.25) is 5.91 Å². The topological polar surface area (TPSA) is 37.4 Å². The van der Waals surface area contributed by atoms with Crippen LogP contribution in [0.1, 0.15) is 19.3 Å². The van der Waals surface area contributed by atoms with Gasteiger partial charge in [-0.15, -0.1) is 0 Å². The van der Waals surface area contributed by atoms with Crippen molar-refractivity contribution >= 4 is 11.7 Å². The molecule has 2 aliphatic rings. The minimum absolute atomic E-state index is 0.0492. The van der Waals surface area contributed by atoms with Gasteiger partial charge >= 0.3 is 0 Å². The third-order valence-electron chi connectivity index (χ3n) is 2.78. The molecule has 0 spiro atoms. The van der Waals surface area contributed by atoms with E-state index in [0.29, 0.717) is 13.0 Å². The number of rotatable bonds is 3. The fraction of sp³-hybridized carbons (Fsp3) is 0.600. The van der Waals surface area contributed by atoms with E-state index >= 15 is 0 Å². The van der Waals surface area contributed by atoms with E-state index in [1.807, 2.05) is 0 Å². The molecule has 1 saturated carbocycles. The molecule has 1 saturated heterocycles. The minimum Gasteiger partial charge on any atom is -0.319 e. The molecule has 2 rings (SSSR count). The minimum atomic E-state index is -0.356. The quantitative estimate of drug-likeness (QED) is 0.605. The van der Waals surface area contributed by atoms with Crippen LogP contribution >= 0.6 is 0 Å². The van der Waals surface area contributed by atoms with Crippen LogP contribution in [0.3, 0.4) is 0 Å². The highest BCUT2D eigenvalue weighted by Crippen LogP contribution is 2.35. The molecule has 3 heteroatoms. The molecule has 0 aromatic carbocycles. The van der Waals surface area contributed by atoms with Crippen molar-refractivity contribution in [2.75, 3.05) is 6.54 Å². The summed E-state index contributed by atoms with van der Waals surface area (Å²) in [5.74, 6) is -0.0505. The van der Waals surface area contributed by atoms with Crippen LogP contribution in [0.15, 0.2) is 12.8 Å². The van der Waals surface area contributed by atoms with Crippen molar-refractivity contribution in [2.24, 2.45) is 11.8 Å². The van der Waals surface area contributed by atoms with Gasteiger partial charge in [-0.25, -0.2) is 0 Å². The molecule has 0 aromatic rings. The molecule has 1 amide bonds. The highest BCUT2D eigenvalue weighted by atomic mass is 16.2. The van der Waals surface area contributed by atoms with E-state index in [1.165, 1.54) is 6.20 Å². The number of carbonyl (C=O) groups excluding carboxylic acids is 2. The Balaban J connectivity index is 2.04. The Morgan fingerprint density at radius 1 is 1.46 bits per heavy atom. The van der Waals surface area contributed by atoms with Crippen molar-refractivity contribution in [3.05, 3.63) is 12.8 Å². The van der Waals surface area contributed by atoms with Gasteiger partial charge in [0.05, 0.1) is 5.92 Å². The third-order valence-corrected chi connectivity index (χ3v) is 2.78. The second-order valence-corrected chi connectivity index (χ2v) is 3.73. The predicted molar refractivity (Wildman–Crippen MR) is 47.7 cm³/mol. The summed E-state index contributed by atoms with van der Waals surface area (Å²) in [5, 5.41) is 0. The van der Waals surface area contributed by atoms with Crippen LogP contribution in [0.5, 0.6) is 0 Å². The first-order valence-electron chi connectivity index (χ1n) is 4.71. The van der Waals surface area contributed by atoms with Crippen LogP contribution in [0.2, 0.25) is 0 Å². The number of likely N-dealkylation sites (tertiary alicyclic amines) is 1. The van der Waals surface area contributed by atoms with Crippen LogP contribution in [0, 0.1) is 11.8 Å². The van der Waals surface area contributed by atoms with Gasteiger partial charge in [0.15, 0.2) is 0 Å². The maximum Gasteiger partial charge on any atom is 0.237 e. The van der Waals surface area contributed by atoms with Crippen molar-refractivity contribution in [3.8, 4) is 0 Å². The number of hydrogen-bond donors (Lipinski definition) is 0. The molecular formula is C10H13NO2. The van der Waals surface area contributed by atoms with Crippen LogP contribution in [0.4, 0.5) is 0 Å². The summed E-state index contributed by atoms with van der Waals surface area (Å²) in [4.78, 5) is 24.7. The lowest BCUT2D eigenvalue weighted by Crippen LogP contribution is -2.27. The van der Waals surface area contributed by atoms with Crippen LogP contribution < -0.4 is 0 Å². The van der Waals surface area contributed by atoms with Gasteiger partial charge in [-0.3, -0.25) is 9.59 Å². The molecule has 1 aliphatic carbocycles. The maximum absolute atomic E-state index is 11.6. The first-order chi connectivity index (χ1) is 6.24. The van der Waals surface area contributed by atoms with E-state index < -0.39 is 0 Å². The summed E-state index contributed by atoms with van der Waals surface area (Å²) in [7, 11) is 0. The highest BCUT2D eigenvalue weighted by molar-refractivity contribution is 6.04. The Labute approximate surface area is 77.4 Å². The monoisotopic (exact) mass is 179 g/mol. The Kier molecular flexibility index (Phi) is 1.94. The van der Waals surface area contributed by atoms with Crippen molar-refractivity contribution in [1.82, 2.24) is 4.90 Å². The van der Waals surface area contributed by atoms with Gasteiger partial charge in [0, 0.05) is 12.5 Å². The molecule has 70 valence electrons. The van der Waals surface area contributed by atoms with E-state index in [4.69, 9.17) is 0 Å². The van der Waals surface area contributed by atoms with E-state index in [1.54, 1.807) is 4.90 Å². The molecule has 1 aliphatic heterocycles. The van der Waals surface area contributed by atoms with Crippen LogP contribution in [-0.2, 0) is 9.59 Å². The second kappa shape index (κ2) is 2.98. The van der Waals surface area contributed by atoms with Gasteiger partial charge in [-0.05, 0) is 25.5 Å². The van der Waals surface area contributed by atoms with E-state index in [0.717, 1.165) is 12.8 Å². The number of amides is 1. The number of hydrogen-bond acceptors (Lipinski definition) is 2. The lowest BCUT2D eigenvalue weighted by atomic mass is 9.99. The molecule has 0 N–H and O–H groups in total. The van der Waals surface area contributed by atoms with Crippen molar-refractivity contribution in [1.29, 1.82) is 0 Å². The molecule has 0 bridgehead atoms. The number of Topliss-reactive ketones (excluding diaryl/α,β-unsaturated/α-hetero) is 1. The molecule has 1 atom stereocenters. The second-order valence-electron chi connectivity index (χ2n) is 3.73. The molecule has 3 nitrogen and oxygen atoms in total. The fourth-order valence-electron chi connectivity index (χ4n) is 1.80. The van der Waals surface area contributed by atoms with Gasteiger partial charge < -0.3 is 4.90 Å². The third kappa shape index (κ3) is 1.39. The molecular weight excluding hydrogens is 166 g/mol. The smallest absolute Gasteiger partial charge is 0.237 e. The normalized spacial score (nSPS) is 27.8. The average molecular weight is 179 g/mol. The zero-order valence-electron chi connectivity index (χ0n) is 7.53. The van der Waals surface area contributed by atoms with Gasteiger partial charge in [-0.1, -0.05) is 6.58 Å². The molecule has 0 aromatic heterocycles. The van der Waals surface area contributed by atoms with Crippen LogP contribution in [-0.4, -0.2) is 23.1 Å². The van der Waals surface area contributed by atoms with Gasteiger partial charge in [-0.2, -0.15) is 0 Å². The summed E-state index contributed by atoms with van der Waals surface area (Å²) >= 11 is 0. The Bertz CT molecular complexity index is 268. The highest BCUT2D eigenvalue weighted by Gasteiger charge is 2.42. The number of nitrogens with zero attached hydrogens (tertiary/aromatic N) is 1. The SMILES string of the molecule is C=CN1CCC(C(=O)C2CC2)C1=O. The Hall–Kier alpha value is -1.12. The first kappa shape index (κ1) is 8.48. The van der Waals surface area contributed by atoms with Crippen LogP contribution in [0.25, 0.3) is 0 Å². The summed E-state index contributed by atoms with van der Waals surface area (Å²) in [5.41, 5.74) is 0. The van der Waals surface area contributed by atoms with E-state index in [2.05, 4.69) is 6.58 Å². The zero-order valence-corrected chi connectivity index (χ0v) is 7.53. The molecule has 2 fully saturated rings. The largest absolute Gasteiger partial charge is 0.319 e. The standard InChI is InChI=1S/C10H13NO2/c1-2-11-6-5-8(10(11)13)9(12)7-3-4-7/h2,7-8H,1,3-6H2. The van der Waals surface area contributed by atoms with Gasteiger partial charge in [0.25, 0.3) is 0 Å². The average Bonchev–Trinajstić information content (AvgIpc) is 2.89. The van der Waals surface area contributed by atoms with Crippen molar-refractivity contribution in [3.63, 3.8) is 0 Å². The molecule has 1 unspecified atom stereocenters. The first-order valence-corrected chi connectivity index (χ1v) is 4.71. The number of ketones is 1. The lowest BCUT2D eigenvalue weighted by molar-refractivity contribution is -0.135. The Morgan fingerprint density at radius 3 is 2.62 bits per heavy atom. The van der Waals surface area contributed by atoms with Crippen molar-refractivity contribution in [2.45, 2.75) is 19.3 Å². The summed E-state index contributed by atoms with van der Waals surface area (Å²) in [6, 6.07) is 0. The Morgan fingerprint density at radius 2 is 2.15 bits per heavy atom. The molecule has 0 radical (unpaired) electrons. The fourth-order valence-corrected chi connectivity index (χ4v) is 1.80. The zero-order chi connectivity index (χ0) is 9.42. The molecule has 13 heavy (non-hydrogen) atoms. The summed E-state index contributed by atoms with van der Waals surface area (Å²) in [6.07, 6.45) is 4.16. The van der Waals surface area contributed by atoms with Gasteiger partial charge in [0.1, 0.15) is 5.78 Å².